The molecule has 2 amide bonds. The molecule has 0 aliphatic carbocycles. The summed E-state index contributed by atoms with van der Waals surface area (Å²) in [6.07, 6.45) is 1.38. The number of benzene rings is 2. The predicted molar refractivity (Wildman–Crippen MR) is 104 cm³/mol. The molecular formula is C22H24F2N2O3. The minimum absolute atomic E-state index is 0.0558. The Hall–Kier alpha value is -2.96. The van der Waals surface area contributed by atoms with Crippen molar-refractivity contribution in [2.75, 3.05) is 19.7 Å². The zero-order valence-corrected chi connectivity index (χ0v) is 16.3. The van der Waals surface area contributed by atoms with Gasteiger partial charge in [0, 0.05) is 30.5 Å². The Kier molecular flexibility index (Phi) is 6.15. The van der Waals surface area contributed by atoms with Crippen LogP contribution in [0.25, 0.3) is 0 Å². The number of primary amides is 1. The molecule has 2 N–H and O–H groups in total. The van der Waals surface area contributed by atoms with Gasteiger partial charge in [-0.05, 0) is 61.7 Å². The average Bonchev–Trinajstić information content (AvgIpc) is 2.69. The monoisotopic (exact) mass is 402 g/mol. The van der Waals surface area contributed by atoms with Crippen molar-refractivity contribution >= 4 is 11.8 Å². The number of halogens is 2. The Bertz CT molecular complexity index is 901. The van der Waals surface area contributed by atoms with Crippen molar-refractivity contribution in [3.05, 3.63) is 65.2 Å². The summed E-state index contributed by atoms with van der Waals surface area (Å²) in [6, 6.07) is 10.00. The number of ether oxygens (including phenoxy) is 1. The first-order valence-electron chi connectivity index (χ1n) is 9.50. The molecule has 0 spiro atoms. The number of hydrogen-bond donors (Lipinski definition) is 1. The normalized spacial score (nSPS) is 19.1. The Morgan fingerprint density at radius 1 is 1.17 bits per heavy atom. The van der Waals surface area contributed by atoms with E-state index in [9.17, 15) is 18.4 Å². The molecule has 1 aliphatic rings. The average molecular weight is 402 g/mol. The van der Waals surface area contributed by atoms with E-state index >= 15 is 0 Å². The standard InChI is InChI=1S/C22H24F2N2O3/c1-15-3-4-16(11-19(15)24)21(28)26-10-2-9-22(13-26,12-20(25)27)14-29-18-7-5-17(23)6-8-18/h3-8,11H,2,9-10,12-14H2,1H3,(H2,25,27)/t22-/m1/s1. The van der Waals surface area contributed by atoms with Crippen LogP contribution in [0.1, 0.15) is 35.2 Å². The van der Waals surface area contributed by atoms with Crippen LogP contribution in [0.3, 0.4) is 0 Å². The lowest BCUT2D eigenvalue weighted by molar-refractivity contribution is -0.122. The first kappa shape index (κ1) is 20.8. The molecule has 1 heterocycles. The fraction of sp³-hybridized carbons (Fsp3) is 0.364. The maximum atomic E-state index is 13.9. The number of nitrogens with two attached hydrogens (primary N) is 1. The van der Waals surface area contributed by atoms with Crippen molar-refractivity contribution in [3.63, 3.8) is 0 Å². The molecule has 3 rings (SSSR count). The van der Waals surface area contributed by atoms with Gasteiger partial charge < -0.3 is 15.4 Å². The van der Waals surface area contributed by atoms with Crippen LogP contribution in [-0.4, -0.2) is 36.4 Å². The largest absolute Gasteiger partial charge is 0.493 e. The van der Waals surface area contributed by atoms with Crippen LogP contribution in [0.5, 0.6) is 5.75 Å². The third kappa shape index (κ3) is 5.10. The number of hydrogen-bond acceptors (Lipinski definition) is 3. The Balaban J connectivity index is 1.77. The second-order valence-electron chi connectivity index (χ2n) is 7.68. The van der Waals surface area contributed by atoms with Gasteiger partial charge in [0.15, 0.2) is 0 Å². The molecule has 1 fully saturated rings. The molecule has 0 unspecified atom stereocenters. The second-order valence-corrected chi connectivity index (χ2v) is 7.68. The van der Waals surface area contributed by atoms with Crippen LogP contribution >= 0.6 is 0 Å². The Labute approximate surface area is 168 Å². The van der Waals surface area contributed by atoms with Crippen LogP contribution in [0, 0.1) is 24.0 Å². The second kappa shape index (κ2) is 8.59. The van der Waals surface area contributed by atoms with Crippen LogP contribution in [0.2, 0.25) is 0 Å². The maximum Gasteiger partial charge on any atom is 0.253 e. The third-order valence-electron chi connectivity index (χ3n) is 5.28. The molecule has 5 nitrogen and oxygen atoms in total. The van der Waals surface area contributed by atoms with Gasteiger partial charge in [-0.15, -0.1) is 0 Å². The SMILES string of the molecule is Cc1ccc(C(=O)N2CCC[C@@](COc3ccc(F)cc3)(CC(N)=O)C2)cc1F. The first-order valence-corrected chi connectivity index (χ1v) is 9.50. The molecule has 2 aromatic rings. The fourth-order valence-electron chi connectivity index (χ4n) is 3.74. The number of aryl methyl sites for hydroxylation is 1. The Morgan fingerprint density at radius 2 is 1.90 bits per heavy atom. The van der Waals surface area contributed by atoms with Gasteiger partial charge in [-0.1, -0.05) is 6.07 Å². The molecule has 29 heavy (non-hydrogen) atoms. The van der Waals surface area contributed by atoms with E-state index in [2.05, 4.69) is 0 Å². The number of piperidine rings is 1. The van der Waals surface area contributed by atoms with Crippen molar-refractivity contribution < 1.29 is 23.1 Å². The van der Waals surface area contributed by atoms with Crippen molar-refractivity contribution in [2.24, 2.45) is 11.1 Å². The molecule has 2 aromatic carbocycles. The van der Waals surface area contributed by atoms with Crippen LogP contribution in [0.15, 0.2) is 42.5 Å². The quantitative estimate of drug-likeness (QED) is 0.804. The Morgan fingerprint density at radius 3 is 2.55 bits per heavy atom. The zero-order valence-electron chi connectivity index (χ0n) is 16.3. The van der Waals surface area contributed by atoms with E-state index in [1.807, 2.05) is 0 Å². The highest BCUT2D eigenvalue weighted by Crippen LogP contribution is 2.35. The molecule has 154 valence electrons. The van der Waals surface area contributed by atoms with Crippen molar-refractivity contribution in [2.45, 2.75) is 26.2 Å². The van der Waals surface area contributed by atoms with E-state index in [1.54, 1.807) is 24.0 Å². The lowest BCUT2D eigenvalue weighted by Gasteiger charge is -2.42. The lowest BCUT2D eigenvalue weighted by Crippen LogP contribution is -2.50. The number of carbonyl (C=O) groups is 2. The summed E-state index contributed by atoms with van der Waals surface area (Å²) in [5.41, 5.74) is 5.55. The summed E-state index contributed by atoms with van der Waals surface area (Å²) in [5, 5.41) is 0. The van der Waals surface area contributed by atoms with Gasteiger partial charge in [0.05, 0.1) is 6.61 Å². The molecule has 1 aliphatic heterocycles. The molecular weight excluding hydrogens is 378 g/mol. The predicted octanol–water partition coefficient (Wildman–Crippen LogP) is 3.45. The minimum Gasteiger partial charge on any atom is -0.493 e. The summed E-state index contributed by atoms with van der Waals surface area (Å²) in [6.45, 7) is 2.57. The van der Waals surface area contributed by atoms with Gasteiger partial charge in [-0.25, -0.2) is 8.78 Å². The van der Waals surface area contributed by atoms with Crippen molar-refractivity contribution in [1.82, 2.24) is 4.90 Å². The highest BCUT2D eigenvalue weighted by atomic mass is 19.1. The van der Waals surface area contributed by atoms with Gasteiger partial charge in [-0.2, -0.15) is 0 Å². The number of nitrogens with zero attached hydrogens (tertiary/aromatic N) is 1. The van der Waals surface area contributed by atoms with Crippen molar-refractivity contribution in [3.8, 4) is 5.75 Å². The summed E-state index contributed by atoms with van der Waals surface area (Å²) >= 11 is 0. The van der Waals surface area contributed by atoms with Gasteiger partial charge in [-0.3, -0.25) is 9.59 Å². The third-order valence-corrected chi connectivity index (χ3v) is 5.28. The topological polar surface area (TPSA) is 72.6 Å². The highest BCUT2D eigenvalue weighted by molar-refractivity contribution is 5.94. The molecule has 1 atom stereocenters. The molecule has 0 radical (unpaired) electrons. The molecule has 0 aromatic heterocycles. The van der Waals surface area contributed by atoms with Crippen LogP contribution < -0.4 is 10.5 Å². The van der Waals surface area contributed by atoms with Gasteiger partial charge in [0.2, 0.25) is 5.91 Å². The van der Waals surface area contributed by atoms with E-state index < -0.39 is 17.1 Å². The maximum absolute atomic E-state index is 13.9. The summed E-state index contributed by atoms with van der Waals surface area (Å²) < 4.78 is 32.8. The van der Waals surface area contributed by atoms with Gasteiger partial charge in [0.25, 0.3) is 5.91 Å². The van der Waals surface area contributed by atoms with Crippen LogP contribution in [0.4, 0.5) is 8.78 Å². The number of amides is 2. The molecule has 1 saturated heterocycles. The molecule has 7 heteroatoms. The lowest BCUT2D eigenvalue weighted by atomic mass is 9.77. The van der Waals surface area contributed by atoms with E-state index in [0.29, 0.717) is 30.7 Å². The number of likely N-dealkylation sites (tertiary alicyclic amines) is 1. The summed E-state index contributed by atoms with van der Waals surface area (Å²) in [4.78, 5) is 26.2. The summed E-state index contributed by atoms with van der Waals surface area (Å²) in [7, 11) is 0. The number of carbonyl (C=O) groups excluding carboxylic acids is 2. The van der Waals surface area contributed by atoms with E-state index in [1.165, 1.54) is 30.3 Å². The van der Waals surface area contributed by atoms with E-state index in [4.69, 9.17) is 10.5 Å². The van der Waals surface area contributed by atoms with E-state index in [-0.39, 0.29) is 36.9 Å². The van der Waals surface area contributed by atoms with Gasteiger partial charge >= 0.3 is 0 Å². The fourth-order valence-corrected chi connectivity index (χ4v) is 3.74. The molecule has 0 saturated carbocycles. The molecule has 0 bridgehead atoms. The first-order chi connectivity index (χ1) is 13.8. The smallest absolute Gasteiger partial charge is 0.253 e. The highest BCUT2D eigenvalue weighted by Gasteiger charge is 2.39. The minimum atomic E-state index is -0.655. The summed E-state index contributed by atoms with van der Waals surface area (Å²) in [5.74, 6) is -1.11. The van der Waals surface area contributed by atoms with E-state index in [0.717, 1.165) is 0 Å². The van der Waals surface area contributed by atoms with Crippen LogP contribution in [-0.2, 0) is 4.79 Å². The zero-order chi connectivity index (χ0) is 21.0. The number of rotatable bonds is 6. The van der Waals surface area contributed by atoms with Crippen molar-refractivity contribution in [1.29, 1.82) is 0 Å². The van der Waals surface area contributed by atoms with Gasteiger partial charge in [0.1, 0.15) is 17.4 Å².